The Morgan fingerprint density at radius 1 is 0.149 bits per heavy atom. The predicted molar refractivity (Wildman–Crippen MR) is 284 cm³/mol. The molecule has 0 heterocycles. The molecule has 0 aliphatic carbocycles. The third kappa shape index (κ3) is 14.8. The summed E-state index contributed by atoms with van der Waals surface area (Å²) >= 11 is 0. The van der Waals surface area contributed by atoms with Crippen LogP contribution in [0, 0.1) is 0 Å². The van der Waals surface area contributed by atoms with Crippen LogP contribution in [0.2, 0.25) is 0 Å². The number of halogens is 48. The molecular formula is C56H37BF48NaO8-. The van der Waals surface area contributed by atoms with Gasteiger partial charge in [0.05, 0.1) is 0 Å². The van der Waals surface area contributed by atoms with Gasteiger partial charge in [-0.25, -0.2) is 0 Å². The monoisotopic (exact) mass is 1780 g/mol. The minimum absolute atomic E-state index is 0. The summed E-state index contributed by atoms with van der Waals surface area (Å²) in [5.74, 6) is 0. The Hall–Kier alpha value is -5.74. The fraction of sp³-hybridized carbons (Fsp3) is 0.571. The second-order valence-electron chi connectivity index (χ2n) is 23.3. The molecule has 0 unspecified atom stereocenters. The quantitative estimate of drug-likeness (QED) is 0.0640. The van der Waals surface area contributed by atoms with E-state index in [0.717, 1.165) is 0 Å². The molecule has 0 aromatic heterocycles. The second-order valence-corrected chi connectivity index (χ2v) is 23.3. The van der Waals surface area contributed by atoms with Crippen LogP contribution in [-0.4, -0.2) is 191 Å². The molecule has 0 fully saturated rings. The number of hydrogen-bond donors (Lipinski definition) is 0. The molecule has 0 saturated carbocycles. The van der Waals surface area contributed by atoms with Gasteiger partial charge in [0.1, 0.15) is 6.15 Å². The van der Waals surface area contributed by atoms with Crippen molar-refractivity contribution in [3.63, 3.8) is 0 Å². The molecule has 58 heteroatoms. The summed E-state index contributed by atoms with van der Waals surface area (Å²) in [7, 11) is -9.70. The molecular weight excluding hydrogens is 1750 g/mol. The number of rotatable bonds is 20. The van der Waals surface area contributed by atoms with E-state index in [1.54, 1.807) is 0 Å². The number of benzene rings is 4. The van der Waals surface area contributed by atoms with Gasteiger partial charge in [0.15, 0.2) is 0 Å². The van der Waals surface area contributed by atoms with Crippen molar-refractivity contribution in [3.8, 4) is 0 Å². The Bertz CT molecular complexity index is 3170. The Kier molecular flexibility index (Phi) is 27.1. The zero-order valence-electron chi connectivity index (χ0n) is 54.9. The normalized spacial score (nSPS) is 15.6. The summed E-state index contributed by atoms with van der Waals surface area (Å²) in [6, 6.07) is -26.4. The number of methoxy groups -OCH3 is 8. The SMILES string of the molecule is COC(c1cc([B-](c2cc(C(OC)(C(F)(F)F)C(F)(F)F)cc(C(OC)(C(F)(F)F)C(F)(F)F)c2)(c2cc(C(OC)(C(F)(F)F)C(F)(F)F)cc(C(OC)(C(F)(F)F)C(F)(F)F)c2)c2cc(C(OC)(C(F)(F)F)C(F)(F)F)cc(C(OC)(C(F)(F)F)C(F)(F)F)c2)cc(C(OC)(C(F)(F)F)C(F)(F)F)c1)(C(F)(F)F)C(F)(F)F.[NaH]. The molecule has 0 saturated heterocycles. The van der Waals surface area contributed by atoms with Gasteiger partial charge in [0, 0.05) is 56.9 Å². The van der Waals surface area contributed by atoms with Crippen molar-refractivity contribution in [1.82, 2.24) is 0 Å². The molecule has 0 aliphatic heterocycles. The van der Waals surface area contributed by atoms with E-state index in [0.29, 0.717) is 0 Å². The van der Waals surface area contributed by atoms with Crippen molar-refractivity contribution >= 4 is 57.6 Å². The summed E-state index contributed by atoms with van der Waals surface area (Å²) in [5, 5.41) is 0. The molecule has 650 valence electrons. The van der Waals surface area contributed by atoms with Gasteiger partial charge < -0.3 is 37.9 Å². The van der Waals surface area contributed by atoms with Crippen LogP contribution in [0.15, 0.2) is 72.8 Å². The van der Waals surface area contributed by atoms with Gasteiger partial charge in [0.2, 0.25) is 0 Å². The van der Waals surface area contributed by atoms with E-state index in [-0.39, 0.29) is 29.6 Å². The Morgan fingerprint density at radius 3 is 0.272 bits per heavy atom. The van der Waals surface area contributed by atoms with Crippen LogP contribution >= 0.6 is 0 Å². The Balaban J connectivity index is 0.0000336. The first kappa shape index (κ1) is 102. The topological polar surface area (TPSA) is 73.8 Å². The second kappa shape index (κ2) is 30.2. The van der Waals surface area contributed by atoms with Crippen LogP contribution in [-0.2, 0) is 82.7 Å². The van der Waals surface area contributed by atoms with E-state index in [1.165, 1.54) is 0 Å². The zero-order chi connectivity index (χ0) is 89.6. The van der Waals surface area contributed by atoms with Gasteiger partial charge in [-0.05, 0) is 68.8 Å². The van der Waals surface area contributed by atoms with Crippen molar-refractivity contribution in [1.29, 1.82) is 0 Å². The third-order valence-electron chi connectivity index (χ3n) is 17.9. The van der Waals surface area contributed by atoms with E-state index < -0.39 is 346 Å². The molecule has 0 amide bonds. The van der Waals surface area contributed by atoms with Gasteiger partial charge in [-0.15, -0.1) is 0 Å². The maximum atomic E-state index is 15.9. The van der Waals surface area contributed by atoms with E-state index in [1.807, 2.05) is 0 Å². The van der Waals surface area contributed by atoms with E-state index in [2.05, 4.69) is 37.9 Å². The average molecular weight is 1780 g/mol. The van der Waals surface area contributed by atoms with Crippen molar-refractivity contribution in [2.75, 3.05) is 56.9 Å². The first-order valence-electron chi connectivity index (χ1n) is 28.1. The molecule has 4 rings (SSSR count). The molecule has 0 atom stereocenters. The zero-order valence-corrected chi connectivity index (χ0v) is 54.9. The summed E-state index contributed by atoms with van der Waals surface area (Å²) in [6.07, 6.45) is -141. The molecule has 0 aliphatic rings. The molecule has 8 nitrogen and oxygen atoms in total. The fourth-order valence-corrected chi connectivity index (χ4v) is 13.1. The Labute approximate surface area is 622 Å². The number of ether oxygens (including phenoxy) is 8. The van der Waals surface area contributed by atoms with Crippen LogP contribution in [0.25, 0.3) is 0 Å². The van der Waals surface area contributed by atoms with E-state index in [9.17, 15) is 0 Å². The van der Waals surface area contributed by atoms with E-state index >= 15 is 211 Å². The van der Waals surface area contributed by atoms with Gasteiger partial charge >= 0.3 is 128 Å². The number of hydrogen-bond acceptors (Lipinski definition) is 8. The maximum absolute atomic E-state index is 15.9. The minimum atomic E-state index is -8.82. The summed E-state index contributed by atoms with van der Waals surface area (Å²) in [4.78, 5) is 0. The number of alkyl halides is 48. The van der Waals surface area contributed by atoms with Crippen LogP contribution in [0.4, 0.5) is 211 Å². The molecule has 4 aromatic carbocycles. The van der Waals surface area contributed by atoms with Crippen molar-refractivity contribution in [3.05, 3.63) is 117 Å². The first-order chi connectivity index (χ1) is 49.7. The van der Waals surface area contributed by atoms with Crippen molar-refractivity contribution in [2.45, 2.75) is 144 Å². The molecule has 4 aromatic rings. The molecule has 0 radical (unpaired) electrons. The summed E-state index contributed by atoms with van der Waals surface area (Å²) in [6.45, 7) is 0. The third-order valence-corrected chi connectivity index (χ3v) is 17.9. The Morgan fingerprint density at radius 2 is 0.219 bits per heavy atom. The van der Waals surface area contributed by atoms with Crippen LogP contribution in [0.5, 0.6) is 0 Å². The van der Waals surface area contributed by atoms with Crippen LogP contribution in [0.1, 0.15) is 44.5 Å². The molecule has 0 N–H and O–H groups in total. The van der Waals surface area contributed by atoms with Crippen LogP contribution < -0.4 is 21.9 Å². The van der Waals surface area contributed by atoms with Gasteiger partial charge in [-0.3, -0.25) is 0 Å². The first-order valence-corrected chi connectivity index (χ1v) is 28.1. The van der Waals surface area contributed by atoms with Gasteiger partial charge in [0.25, 0.3) is 44.8 Å². The summed E-state index contributed by atoms with van der Waals surface area (Å²) < 4.78 is 792. The predicted octanol–water partition coefficient (Wildman–Crippen LogP) is 18.1. The average Bonchev–Trinajstić information content (AvgIpc) is 0.677. The van der Waals surface area contributed by atoms with Gasteiger partial charge in [-0.1, -0.05) is 48.5 Å². The van der Waals surface area contributed by atoms with Crippen molar-refractivity contribution < 1.29 is 249 Å². The molecule has 114 heavy (non-hydrogen) atoms. The molecule has 0 bridgehead atoms. The molecule has 0 spiro atoms. The van der Waals surface area contributed by atoms with E-state index in [4.69, 9.17) is 0 Å². The van der Waals surface area contributed by atoms with Gasteiger partial charge in [-0.2, -0.15) is 233 Å². The van der Waals surface area contributed by atoms with Crippen LogP contribution in [0.3, 0.4) is 0 Å². The fourth-order valence-electron chi connectivity index (χ4n) is 13.1. The summed E-state index contributed by atoms with van der Waals surface area (Å²) in [5.41, 5.74) is -112. The standard InChI is InChI=1S/C56H36BF48O8.Na.H/c1-106-33(41(58,59)60,42(61,62)63)21-9-22(34(107-2,43(64,65)66)44(67,68)69)14-29(13-21)57(30-15-23(35(108-3,45(70,71)72)46(73,74)75)10-24(16-30)36(109-4,47(76,77)78)48(79,80)81,31-17-25(37(110-5,49(82,83)84)50(85,86)87)11-26(18-31)38(111-6,51(88,89)90)52(91,92)93)32-19-27(39(112-7,53(94,95)96)54(97,98)99)12-28(20-32)40(113-8,55(100,101)102)56(103,104)105;;/h9-20H,1-8H3;;/q-1;;. The van der Waals surface area contributed by atoms with Crippen molar-refractivity contribution in [2.24, 2.45) is 0 Å².